The quantitative estimate of drug-likeness (QED) is 0.837. The summed E-state index contributed by atoms with van der Waals surface area (Å²) in [6.45, 7) is 6.69. The zero-order valence-electron chi connectivity index (χ0n) is 11.2. The summed E-state index contributed by atoms with van der Waals surface area (Å²) in [5.74, 6) is 2.70. The molecule has 1 aliphatic rings. The van der Waals surface area contributed by atoms with Crippen molar-refractivity contribution in [2.24, 2.45) is 0 Å². The Morgan fingerprint density at radius 3 is 2.61 bits per heavy atom. The van der Waals surface area contributed by atoms with Crippen LogP contribution in [0.25, 0.3) is 0 Å². The van der Waals surface area contributed by atoms with Crippen molar-refractivity contribution in [3.8, 4) is 0 Å². The maximum atomic E-state index is 5.36. The average Bonchev–Trinajstić information content (AvgIpc) is 2.40. The number of aromatic nitrogens is 2. The molecule has 2 rings (SSSR count). The van der Waals surface area contributed by atoms with Crippen LogP contribution in [0.15, 0.2) is 6.07 Å². The molecule has 0 saturated carbocycles. The third kappa shape index (κ3) is 3.57. The molecule has 1 aromatic heterocycles. The molecule has 0 bridgehead atoms. The van der Waals surface area contributed by atoms with Gasteiger partial charge in [-0.15, -0.1) is 0 Å². The Kier molecular flexibility index (Phi) is 4.75. The van der Waals surface area contributed by atoms with Gasteiger partial charge in [0.25, 0.3) is 0 Å². The molecule has 0 amide bonds. The van der Waals surface area contributed by atoms with Gasteiger partial charge in [-0.1, -0.05) is 6.92 Å². The van der Waals surface area contributed by atoms with Crippen LogP contribution in [0.1, 0.15) is 32.5 Å². The molecule has 2 N–H and O–H groups in total. The number of hydrogen-bond donors (Lipinski definition) is 2. The van der Waals surface area contributed by atoms with E-state index in [9.17, 15) is 0 Å². The Morgan fingerprint density at radius 2 is 1.94 bits per heavy atom. The maximum Gasteiger partial charge on any atom is 0.132 e. The summed E-state index contributed by atoms with van der Waals surface area (Å²) < 4.78 is 5.36. The van der Waals surface area contributed by atoms with Gasteiger partial charge in [-0.2, -0.15) is 0 Å². The molecular weight excluding hydrogens is 228 g/mol. The van der Waals surface area contributed by atoms with Crippen LogP contribution >= 0.6 is 0 Å². The number of nitrogens with zero attached hydrogens (tertiary/aromatic N) is 2. The van der Waals surface area contributed by atoms with Crippen molar-refractivity contribution in [3.63, 3.8) is 0 Å². The molecule has 1 aliphatic heterocycles. The van der Waals surface area contributed by atoms with Gasteiger partial charge in [-0.05, 0) is 19.8 Å². The Morgan fingerprint density at radius 1 is 1.22 bits per heavy atom. The molecule has 0 radical (unpaired) electrons. The Labute approximate surface area is 108 Å². The van der Waals surface area contributed by atoms with E-state index in [0.717, 1.165) is 56.5 Å². The Bertz CT molecular complexity index is 377. The van der Waals surface area contributed by atoms with Crippen LogP contribution in [0.2, 0.25) is 0 Å². The molecule has 5 heteroatoms. The highest BCUT2D eigenvalue weighted by molar-refractivity contribution is 5.48. The van der Waals surface area contributed by atoms with E-state index >= 15 is 0 Å². The van der Waals surface area contributed by atoms with E-state index in [-0.39, 0.29) is 0 Å². The SMILES string of the molecule is CCNc1cc(NC2CCOCC2)nc(CC)n1. The molecule has 18 heavy (non-hydrogen) atoms. The second-order valence-electron chi connectivity index (χ2n) is 4.47. The topological polar surface area (TPSA) is 59.1 Å². The van der Waals surface area contributed by atoms with Crippen LogP contribution in [0.3, 0.4) is 0 Å². The Hall–Kier alpha value is -1.36. The summed E-state index contributed by atoms with van der Waals surface area (Å²) in [4.78, 5) is 8.97. The van der Waals surface area contributed by atoms with Crippen LogP contribution in [0.5, 0.6) is 0 Å². The number of hydrogen-bond acceptors (Lipinski definition) is 5. The lowest BCUT2D eigenvalue weighted by Gasteiger charge is -2.24. The van der Waals surface area contributed by atoms with E-state index in [1.165, 1.54) is 0 Å². The number of ether oxygens (including phenoxy) is 1. The highest BCUT2D eigenvalue weighted by Crippen LogP contribution is 2.16. The predicted molar refractivity (Wildman–Crippen MR) is 73.0 cm³/mol. The van der Waals surface area contributed by atoms with Crippen LogP contribution in [0, 0.1) is 0 Å². The first-order valence-corrected chi connectivity index (χ1v) is 6.78. The first kappa shape index (κ1) is 13.1. The monoisotopic (exact) mass is 250 g/mol. The highest BCUT2D eigenvalue weighted by atomic mass is 16.5. The van der Waals surface area contributed by atoms with Crippen molar-refractivity contribution in [1.82, 2.24) is 9.97 Å². The van der Waals surface area contributed by atoms with Crippen molar-refractivity contribution in [2.75, 3.05) is 30.4 Å². The number of anilines is 2. The molecule has 0 spiro atoms. The van der Waals surface area contributed by atoms with Gasteiger partial charge >= 0.3 is 0 Å². The highest BCUT2D eigenvalue weighted by Gasteiger charge is 2.14. The van der Waals surface area contributed by atoms with Crippen LogP contribution < -0.4 is 10.6 Å². The summed E-state index contributed by atoms with van der Waals surface area (Å²) in [5, 5.41) is 6.73. The largest absolute Gasteiger partial charge is 0.381 e. The number of nitrogens with one attached hydrogen (secondary N) is 2. The third-order valence-corrected chi connectivity index (χ3v) is 3.02. The minimum atomic E-state index is 0.466. The molecule has 1 saturated heterocycles. The standard InChI is InChI=1S/C13H22N4O/c1-3-11-16-12(14-4-2)9-13(17-11)15-10-5-7-18-8-6-10/h9-10H,3-8H2,1-2H3,(H2,14,15,16,17). The molecule has 0 aliphatic carbocycles. The summed E-state index contributed by atoms with van der Waals surface area (Å²) in [6, 6.07) is 2.45. The lowest BCUT2D eigenvalue weighted by molar-refractivity contribution is 0.0904. The van der Waals surface area contributed by atoms with Gasteiger partial charge in [-0.3, -0.25) is 0 Å². The molecule has 2 heterocycles. The van der Waals surface area contributed by atoms with Crippen molar-refractivity contribution < 1.29 is 4.74 Å². The third-order valence-electron chi connectivity index (χ3n) is 3.02. The fourth-order valence-electron chi connectivity index (χ4n) is 2.05. The van der Waals surface area contributed by atoms with Crippen LogP contribution in [-0.4, -0.2) is 35.8 Å². The fourth-order valence-corrected chi connectivity index (χ4v) is 2.05. The van der Waals surface area contributed by atoms with Gasteiger partial charge in [0.05, 0.1) is 0 Å². The van der Waals surface area contributed by atoms with Crippen molar-refractivity contribution in [2.45, 2.75) is 39.2 Å². The molecular formula is C13H22N4O. The molecule has 0 unspecified atom stereocenters. The van der Waals surface area contributed by atoms with Crippen molar-refractivity contribution >= 4 is 11.6 Å². The van der Waals surface area contributed by atoms with Gasteiger partial charge in [0.1, 0.15) is 17.5 Å². The second-order valence-corrected chi connectivity index (χ2v) is 4.47. The number of aryl methyl sites for hydroxylation is 1. The summed E-state index contributed by atoms with van der Waals surface area (Å²) >= 11 is 0. The normalized spacial score (nSPS) is 16.6. The van der Waals surface area contributed by atoms with Gasteiger partial charge < -0.3 is 15.4 Å². The second kappa shape index (κ2) is 6.54. The molecule has 0 aromatic carbocycles. The number of rotatable bonds is 5. The van der Waals surface area contributed by atoms with Gasteiger partial charge in [-0.25, -0.2) is 9.97 Å². The van der Waals surface area contributed by atoms with Crippen molar-refractivity contribution in [1.29, 1.82) is 0 Å². The smallest absolute Gasteiger partial charge is 0.132 e. The molecule has 1 aromatic rings. The molecule has 5 nitrogen and oxygen atoms in total. The van der Waals surface area contributed by atoms with Gasteiger partial charge in [0, 0.05) is 38.3 Å². The summed E-state index contributed by atoms with van der Waals surface area (Å²) in [6.07, 6.45) is 2.94. The molecule has 100 valence electrons. The molecule has 1 fully saturated rings. The van der Waals surface area contributed by atoms with Gasteiger partial charge in [0.15, 0.2) is 0 Å². The zero-order valence-corrected chi connectivity index (χ0v) is 11.2. The lowest BCUT2D eigenvalue weighted by atomic mass is 10.1. The first-order chi connectivity index (χ1) is 8.81. The zero-order chi connectivity index (χ0) is 12.8. The first-order valence-electron chi connectivity index (χ1n) is 6.78. The van der Waals surface area contributed by atoms with Gasteiger partial charge in [0.2, 0.25) is 0 Å². The van der Waals surface area contributed by atoms with E-state index in [1.807, 2.05) is 6.07 Å². The minimum absolute atomic E-state index is 0.466. The van der Waals surface area contributed by atoms with Crippen LogP contribution in [0.4, 0.5) is 11.6 Å². The predicted octanol–water partition coefficient (Wildman–Crippen LogP) is 2.06. The van der Waals surface area contributed by atoms with E-state index in [0.29, 0.717) is 6.04 Å². The van der Waals surface area contributed by atoms with Crippen LogP contribution in [-0.2, 0) is 11.2 Å². The maximum absolute atomic E-state index is 5.36. The summed E-state index contributed by atoms with van der Waals surface area (Å²) in [7, 11) is 0. The summed E-state index contributed by atoms with van der Waals surface area (Å²) in [5.41, 5.74) is 0. The van der Waals surface area contributed by atoms with E-state index in [1.54, 1.807) is 0 Å². The fraction of sp³-hybridized carbons (Fsp3) is 0.692. The Balaban J connectivity index is 2.07. The van der Waals surface area contributed by atoms with E-state index in [4.69, 9.17) is 4.74 Å². The average molecular weight is 250 g/mol. The van der Waals surface area contributed by atoms with E-state index < -0.39 is 0 Å². The van der Waals surface area contributed by atoms with E-state index in [2.05, 4.69) is 34.4 Å². The minimum Gasteiger partial charge on any atom is -0.381 e. The molecule has 0 atom stereocenters. The lowest BCUT2D eigenvalue weighted by Crippen LogP contribution is -2.28. The van der Waals surface area contributed by atoms with Crippen molar-refractivity contribution in [3.05, 3.63) is 11.9 Å².